The standard InChI is InChI=1S/C24H39N5O2S/c1-16(2)15-29-20(27-28-23(29)32-3)5-4-6-25-22(31)14-26-21(30)13-24-10-17-7-18(11-24)9-19(8-17)12-24/h16-19H,4-15H2,1-3H3,(H,25,31)(H,26,30). The van der Waals surface area contributed by atoms with Crippen LogP contribution in [0.15, 0.2) is 5.16 Å². The highest BCUT2D eigenvalue weighted by Crippen LogP contribution is 2.61. The Bertz CT molecular complexity index is 786. The molecule has 178 valence electrons. The Morgan fingerprint density at radius 1 is 1.06 bits per heavy atom. The predicted octanol–water partition coefficient (Wildman–Crippen LogP) is 3.43. The van der Waals surface area contributed by atoms with Crippen molar-refractivity contribution >= 4 is 23.6 Å². The van der Waals surface area contributed by atoms with E-state index in [9.17, 15) is 9.59 Å². The lowest BCUT2D eigenvalue weighted by molar-refractivity contribution is -0.131. The van der Waals surface area contributed by atoms with Crippen molar-refractivity contribution < 1.29 is 9.59 Å². The summed E-state index contributed by atoms with van der Waals surface area (Å²) in [5, 5.41) is 15.3. The zero-order valence-electron chi connectivity index (χ0n) is 19.9. The van der Waals surface area contributed by atoms with Crippen LogP contribution in [0.5, 0.6) is 0 Å². The molecular formula is C24H39N5O2S. The number of nitrogens with zero attached hydrogens (tertiary/aromatic N) is 3. The zero-order chi connectivity index (χ0) is 22.7. The Kier molecular flexibility index (Phi) is 7.47. The van der Waals surface area contributed by atoms with Crippen LogP contribution in [0, 0.1) is 29.1 Å². The monoisotopic (exact) mass is 461 g/mol. The molecule has 0 aromatic carbocycles. The molecule has 4 fully saturated rings. The van der Waals surface area contributed by atoms with Crippen molar-refractivity contribution in [2.24, 2.45) is 29.1 Å². The van der Waals surface area contributed by atoms with E-state index in [1.807, 2.05) is 6.26 Å². The first-order valence-corrected chi connectivity index (χ1v) is 13.6. The van der Waals surface area contributed by atoms with Crippen LogP contribution >= 0.6 is 11.8 Å². The van der Waals surface area contributed by atoms with Crippen LogP contribution in [0.3, 0.4) is 0 Å². The molecule has 7 nitrogen and oxygen atoms in total. The maximum Gasteiger partial charge on any atom is 0.239 e. The van der Waals surface area contributed by atoms with Crippen molar-refractivity contribution in [1.29, 1.82) is 0 Å². The summed E-state index contributed by atoms with van der Waals surface area (Å²) in [6.07, 6.45) is 12.0. The van der Waals surface area contributed by atoms with Gasteiger partial charge in [-0.15, -0.1) is 10.2 Å². The van der Waals surface area contributed by atoms with E-state index >= 15 is 0 Å². The Balaban J connectivity index is 1.15. The molecule has 2 N–H and O–H groups in total. The summed E-state index contributed by atoms with van der Waals surface area (Å²) >= 11 is 1.61. The molecule has 0 atom stereocenters. The molecule has 5 rings (SSSR count). The fraction of sp³-hybridized carbons (Fsp3) is 0.833. The van der Waals surface area contributed by atoms with E-state index in [0.717, 1.165) is 48.1 Å². The van der Waals surface area contributed by atoms with Gasteiger partial charge in [0.25, 0.3) is 0 Å². The number of thioether (sulfide) groups is 1. The highest BCUT2D eigenvalue weighted by Gasteiger charge is 2.51. The molecule has 4 saturated carbocycles. The molecule has 4 aliphatic rings. The van der Waals surface area contributed by atoms with E-state index < -0.39 is 0 Å². The predicted molar refractivity (Wildman–Crippen MR) is 126 cm³/mol. The summed E-state index contributed by atoms with van der Waals surface area (Å²) in [5.41, 5.74) is 0.219. The lowest BCUT2D eigenvalue weighted by atomic mass is 9.49. The van der Waals surface area contributed by atoms with Crippen LogP contribution < -0.4 is 10.6 Å². The second-order valence-electron chi connectivity index (χ2n) is 10.9. The first-order valence-electron chi connectivity index (χ1n) is 12.4. The summed E-state index contributed by atoms with van der Waals surface area (Å²) in [4.78, 5) is 24.8. The topological polar surface area (TPSA) is 88.9 Å². The number of aryl methyl sites for hydroxylation is 1. The average molecular weight is 462 g/mol. The summed E-state index contributed by atoms with van der Waals surface area (Å²) in [5.74, 6) is 3.96. The number of amides is 2. The van der Waals surface area contributed by atoms with Gasteiger partial charge < -0.3 is 15.2 Å². The van der Waals surface area contributed by atoms with Gasteiger partial charge in [0.15, 0.2) is 5.16 Å². The number of carbonyl (C=O) groups is 2. The zero-order valence-corrected chi connectivity index (χ0v) is 20.7. The van der Waals surface area contributed by atoms with Crippen LogP contribution in [0.2, 0.25) is 0 Å². The molecule has 4 aliphatic carbocycles. The minimum Gasteiger partial charge on any atom is -0.355 e. The minimum absolute atomic E-state index is 0.0495. The largest absolute Gasteiger partial charge is 0.355 e. The molecule has 8 heteroatoms. The van der Waals surface area contributed by atoms with Crippen LogP contribution in [-0.4, -0.2) is 45.9 Å². The SMILES string of the molecule is CSc1nnc(CCCNC(=O)CNC(=O)CC23CC4CC(CC(C4)C2)C3)n1CC(C)C. The smallest absolute Gasteiger partial charge is 0.239 e. The van der Waals surface area contributed by atoms with Crippen molar-refractivity contribution in [3.8, 4) is 0 Å². The third-order valence-corrected chi connectivity index (χ3v) is 8.24. The quantitative estimate of drug-likeness (QED) is 0.389. The van der Waals surface area contributed by atoms with Gasteiger partial charge in [-0.1, -0.05) is 25.6 Å². The highest BCUT2D eigenvalue weighted by molar-refractivity contribution is 7.98. The van der Waals surface area contributed by atoms with E-state index in [1.54, 1.807) is 11.8 Å². The van der Waals surface area contributed by atoms with E-state index in [2.05, 4.69) is 39.2 Å². The summed E-state index contributed by atoms with van der Waals surface area (Å²) in [7, 11) is 0. The Hall–Kier alpha value is -1.57. The van der Waals surface area contributed by atoms with E-state index in [0.29, 0.717) is 18.9 Å². The average Bonchev–Trinajstić information content (AvgIpc) is 3.09. The number of nitrogens with one attached hydrogen (secondary N) is 2. The first-order chi connectivity index (χ1) is 15.4. The maximum atomic E-state index is 12.6. The van der Waals surface area contributed by atoms with Gasteiger partial charge in [-0.3, -0.25) is 9.59 Å². The Morgan fingerprint density at radius 2 is 1.72 bits per heavy atom. The van der Waals surface area contributed by atoms with Crippen LogP contribution in [0.4, 0.5) is 0 Å². The van der Waals surface area contributed by atoms with Crippen molar-refractivity contribution in [1.82, 2.24) is 25.4 Å². The number of hydrogen-bond acceptors (Lipinski definition) is 5. The number of hydrogen-bond donors (Lipinski definition) is 2. The van der Waals surface area contributed by atoms with Gasteiger partial charge >= 0.3 is 0 Å². The van der Waals surface area contributed by atoms with Gasteiger partial charge in [-0.25, -0.2) is 0 Å². The molecule has 1 heterocycles. The van der Waals surface area contributed by atoms with Gasteiger partial charge in [0, 0.05) is 25.9 Å². The molecule has 1 aromatic heterocycles. The van der Waals surface area contributed by atoms with Crippen LogP contribution in [-0.2, 0) is 22.6 Å². The van der Waals surface area contributed by atoms with Crippen LogP contribution in [0.1, 0.15) is 71.0 Å². The summed E-state index contributed by atoms with van der Waals surface area (Å²) in [6, 6.07) is 0. The second kappa shape index (κ2) is 10.1. The maximum absolute atomic E-state index is 12.6. The molecule has 4 bridgehead atoms. The second-order valence-corrected chi connectivity index (χ2v) is 11.7. The van der Waals surface area contributed by atoms with Gasteiger partial charge in [0.2, 0.25) is 11.8 Å². The van der Waals surface area contributed by atoms with E-state index in [4.69, 9.17) is 0 Å². The molecule has 0 unspecified atom stereocenters. The summed E-state index contributed by atoms with van der Waals surface area (Å²) < 4.78 is 2.18. The fourth-order valence-corrected chi connectivity index (χ4v) is 7.35. The molecular weight excluding hydrogens is 422 g/mol. The van der Waals surface area contributed by atoms with Crippen molar-refractivity contribution in [2.45, 2.75) is 83.3 Å². The minimum atomic E-state index is -0.114. The lowest BCUT2D eigenvalue weighted by Crippen LogP contribution is -2.48. The number of rotatable bonds is 11. The van der Waals surface area contributed by atoms with Gasteiger partial charge in [0.05, 0.1) is 6.54 Å². The highest BCUT2D eigenvalue weighted by atomic mass is 32.2. The number of aromatic nitrogens is 3. The molecule has 1 aromatic rings. The molecule has 32 heavy (non-hydrogen) atoms. The third kappa shape index (κ3) is 5.67. The van der Waals surface area contributed by atoms with Gasteiger partial charge in [-0.2, -0.15) is 0 Å². The number of carbonyl (C=O) groups excluding carboxylic acids is 2. The Labute approximate surface area is 196 Å². The third-order valence-electron chi connectivity index (χ3n) is 7.57. The van der Waals surface area contributed by atoms with Crippen LogP contribution in [0.25, 0.3) is 0 Å². The Morgan fingerprint density at radius 3 is 2.31 bits per heavy atom. The molecule has 0 spiro atoms. The van der Waals surface area contributed by atoms with Gasteiger partial charge in [-0.05, 0) is 80.3 Å². The fourth-order valence-electron chi connectivity index (χ4n) is 6.83. The molecule has 2 amide bonds. The van der Waals surface area contributed by atoms with Crippen molar-refractivity contribution in [3.63, 3.8) is 0 Å². The van der Waals surface area contributed by atoms with Crippen molar-refractivity contribution in [3.05, 3.63) is 5.82 Å². The molecule has 0 saturated heterocycles. The molecule has 0 radical (unpaired) electrons. The van der Waals surface area contributed by atoms with E-state index in [-0.39, 0.29) is 23.8 Å². The lowest BCUT2D eigenvalue weighted by Gasteiger charge is -2.56. The summed E-state index contributed by atoms with van der Waals surface area (Å²) in [6.45, 7) is 5.93. The van der Waals surface area contributed by atoms with Gasteiger partial charge in [0.1, 0.15) is 5.82 Å². The first kappa shape index (κ1) is 23.6. The van der Waals surface area contributed by atoms with E-state index in [1.165, 1.54) is 38.5 Å². The van der Waals surface area contributed by atoms with Crippen molar-refractivity contribution in [2.75, 3.05) is 19.3 Å². The molecule has 0 aliphatic heterocycles. The normalized spacial score (nSPS) is 28.3.